The maximum Gasteiger partial charge on any atom is 0.410 e. The molecule has 2 saturated carbocycles. The fourth-order valence-electron chi connectivity index (χ4n) is 5.06. The van der Waals surface area contributed by atoms with Gasteiger partial charge in [-0.1, -0.05) is 0 Å². The van der Waals surface area contributed by atoms with Crippen molar-refractivity contribution in [2.24, 2.45) is 11.8 Å². The van der Waals surface area contributed by atoms with Gasteiger partial charge in [0, 0.05) is 25.7 Å². The van der Waals surface area contributed by atoms with Crippen LogP contribution in [0.25, 0.3) is 0 Å². The van der Waals surface area contributed by atoms with Crippen molar-refractivity contribution in [3.63, 3.8) is 0 Å². The molecule has 0 bridgehead atoms. The summed E-state index contributed by atoms with van der Waals surface area (Å²) in [6.45, 7) is 6.31. The fourth-order valence-corrected chi connectivity index (χ4v) is 5.06. The van der Waals surface area contributed by atoms with E-state index in [9.17, 15) is 9.59 Å². The molecule has 3 fully saturated rings. The Balaban J connectivity index is 1.39. The number of ether oxygens (including phenoxy) is 1. The molecule has 3 rings (SSSR count). The lowest BCUT2D eigenvalue weighted by molar-refractivity contribution is -0.130. The van der Waals surface area contributed by atoms with Crippen LogP contribution in [-0.2, 0) is 9.53 Å². The number of carbonyl (C=O) groups is 2. The van der Waals surface area contributed by atoms with E-state index in [1.165, 1.54) is 0 Å². The molecule has 27 heavy (non-hydrogen) atoms. The highest BCUT2D eigenvalue weighted by molar-refractivity contribution is 5.79. The van der Waals surface area contributed by atoms with Gasteiger partial charge in [0.15, 0.2) is 0 Å². The third-order valence-corrected chi connectivity index (χ3v) is 6.53. The molecular weight excluding hydrogens is 344 g/mol. The van der Waals surface area contributed by atoms with Crippen LogP contribution in [0.15, 0.2) is 0 Å². The Bertz CT molecular complexity index is 572. The summed E-state index contributed by atoms with van der Waals surface area (Å²) in [5.74, 6) is 1.19. The Labute approximate surface area is 162 Å². The standard InChI is InChI=1S/C20H32N4O3/c1-3-23(4-2)20(26)27-18-10-14-8-16(9-15(14)11-18)22-13-19(25)24-7-5-6-17(24)12-21/h14-18,22H,3-11,13H2,1-2H3/t14-,15+,16-,17-,18?/m0/s1. The van der Waals surface area contributed by atoms with Crippen LogP contribution in [0.5, 0.6) is 0 Å². The first-order chi connectivity index (χ1) is 13.0. The summed E-state index contributed by atoms with van der Waals surface area (Å²) in [5.41, 5.74) is 0. The Morgan fingerprint density at radius 3 is 2.44 bits per heavy atom. The van der Waals surface area contributed by atoms with Crippen molar-refractivity contribution < 1.29 is 14.3 Å². The van der Waals surface area contributed by atoms with E-state index in [0.29, 0.717) is 44.1 Å². The van der Waals surface area contributed by atoms with Gasteiger partial charge in [0.05, 0.1) is 12.6 Å². The number of carbonyl (C=O) groups excluding carboxylic acids is 2. The van der Waals surface area contributed by atoms with Crippen LogP contribution in [0.3, 0.4) is 0 Å². The molecule has 5 atom stereocenters. The molecule has 0 aromatic rings. The van der Waals surface area contributed by atoms with Crippen LogP contribution in [0.4, 0.5) is 4.79 Å². The van der Waals surface area contributed by atoms with Crippen LogP contribution >= 0.6 is 0 Å². The molecule has 0 radical (unpaired) electrons. The molecule has 7 nitrogen and oxygen atoms in total. The van der Waals surface area contributed by atoms with Crippen LogP contribution in [0.1, 0.15) is 52.4 Å². The molecule has 2 amide bonds. The lowest BCUT2D eigenvalue weighted by Gasteiger charge is -2.23. The summed E-state index contributed by atoms with van der Waals surface area (Å²) in [6.07, 6.45) is 5.52. The highest BCUT2D eigenvalue weighted by atomic mass is 16.6. The van der Waals surface area contributed by atoms with E-state index in [1.807, 2.05) is 13.8 Å². The molecule has 7 heteroatoms. The molecule has 0 aromatic heterocycles. The minimum Gasteiger partial charge on any atom is -0.446 e. The van der Waals surface area contributed by atoms with Gasteiger partial charge in [0.25, 0.3) is 0 Å². The van der Waals surface area contributed by atoms with Crippen LogP contribution in [-0.4, -0.2) is 66.2 Å². The predicted molar refractivity (Wildman–Crippen MR) is 101 cm³/mol. The Morgan fingerprint density at radius 1 is 1.19 bits per heavy atom. The Hall–Kier alpha value is -1.81. The van der Waals surface area contributed by atoms with Gasteiger partial charge >= 0.3 is 6.09 Å². The van der Waals surface area contributed by atoms with Crippen molar-refractivity contribution in [1.29, 1.82) is 5.26 Å². The fraction of sp³-hybridized carbons (Fsp3) is 0.850. The van der Waals surface area contributed by atoms with Gasteiger partial charge in [-0.15, -0.1) is 0 Å². The largest absolute Gasteiger partial charge is 0.446 e. The second kappa shape index (κ2) is 8.92. The Morgan fingerprint density at radius 2 is 1.85 bits per heavy atom. The molecule has 3 aliphatic rings. The van der Waals surface area contributed by atoms with Crippen molar-refractivity contribution in [2.75, 3.05) is 26.2 Å². The first-order valence-corrected chi connectivity index (χ1v) is 10.4. The summed E-state index contributed by atoms with van der Waals surface area (Å²) in [5, 5.41) is 12.5. The smallest absolute Gasteiger partial charge is 0.410 e. The molecule has 2 aliphatic carbocycles. The number of amides is 2. The van der Waals surface area contributed by atoms with Gasteiger partial charge in [-0.25, -0.2) is 4.79 Å². The van der Waals surface area contributed by atoms with E-state index in [-0.39, 0.29) is 24.1 Å². The minimum absolute atomic E-state index is 0.0386. The lowest BCUT2D eigenvalue weighted by Crippen LogP contribution is -2.43. The predicted octanol–water partition coefficient (Wildman–Crippen LogP) is 2.13. The van der Waals surface area contributed by atoms with E-state index >= 15 is 0 Å². The number of nitriles is 1. The number of likely N-dealkylation sites (tertiary alicyclic amines) is 1. The van der Waals surface area contributed by atoms with E-state index < -0.39 is 0 Å². The van der Waals surface area contributed by atoms with Crippen molar-refractivity contribution in [1.82, 2.24) is 15.1 Å². The van der Waals surface area contributed by atoms with Gasteiger partial charge in [-0.05, 0) is 64.2 Å². The summed E-state index contributed by atoms with van der Waals surface area (Å²) < 4.78 is 5.69. The maximum absolute atomic E-state index is 12.4. The minimum atomic E-state index is -0.247. The van der Waals surface area contributed by atoms with E-state index in [2.05, 4.69) is 11.4 Å². The van der Waals surface area contributed by atoms with Gasteiger partial charge in [0.2, 0.25) is 5.91 Å². The van der Waals surface area contributed by atoms with Crippen molar-refractivity contribution >= 4 is 12.0 Å². The molecule has 150 valence electrons. The molecule has 1 aliphatic heterocycles. The van der Waals surface area contributed by atoms with Crippen molar-refractivity contribution in [3.8, 4) is 6.07 Å². The van der Waals surface area contributed by atoms with E-state index in [1.54, 1.807) is 9.80 Å². The van der Waals surface area contributed by atoms with E-state index in [4.69, 9.17) is 10.00 Å². The first kappa shape index (κ1) is 19.9. The number of fused-ring (bicyclic) bond motifs is 1. The van der Waals surface area contributed by atoms with Crippen LogP contribution in [0.2, 0.25) is 0 Å². The summed E-state index contributed by atoms with van der Waals surface area (Å²) in [6, 6.07) is 2.33. The summed E-state index contributed by atoms with van der Waals surface area (Å²) in [4.78, 5) is 27.9. The molecular formula is C20H32N4O3. The second-order valence-corrected chi connectivity index (χ2v) is 8.09. The molecule has 0 aromatic carbocycles. The van der Waals surface area contributed by atoms with Gasteiger partial charge < -0.3 is 19.9 Å². The highest BCUT2D eigenvalue weighted by Gasteiger charge is 2.43. The average Bonchev–Trinajstić information content (AvgIpc) is 3.34. The van der Waals surface area contributed by atoms with Gasteiger partial charge in [-0.3, -0.25) is 4.79 Å². The topological polar surface area (TPSA) is 85.7 Å². The first-order valence-electron chi connectivity index (χ1n) is 10.4. The zero-order chi connectivity index (χ0) is 19.4. The quantitative estimate of drug-likeness (QED) is 0.767. The molecule has 1 heterocycles. The third-order valence-electron chi connectivity index (χ3n) is 6.53. The van der Waals surface area contributed by atoms with Crippen molar-refractivity contribution in [3.05, 3.63) is 0 Å². The lowest BCUT2D eigenvalue weighted by atomic mass is 10.0. The maximum atomic E-state index is 12.4. The van der Waals surface area contributed by atoms with Gasteiger partial charge in [-0.2, -0.15) is 5.26 Å². The SMILES string of the molecule is CCN(CC)C(=O)OC1C[C@@H]2C[C@H](NCC(=O)N3CCC[C@H]3C#N)C[C@@H]2C1. The summed E-state index contributed by atoms with van der Waals surface area (Å²) in [7, 11) is 0. The van der Waals surface area contributed by atoms with Crippen LogP contribution < -0.4 is 5.32 Å². The zero-order valence-corrected chi connectivity index (χ0v) is 16.5. The molecule has 1 N–H and O–H groups in total. The number of nitrogens with zero attached hydrogens (tertiary/aromatic N) is 3. The molecule has 1 unspecified atom stereocenters. The number of hydrogen-bond donors (Lipinski definition) is 1. The third kappa shape index (κ3) is 4.55. The number of hydrogen-bond acceptors (Lipinski definition) is 5. The van der Waals surface area contributed by atoms with E-state index in [0.717, 1.165) is 38.5 Å². The normalized spacial score (nSPS) is 32.2. The monoisotopic (exact) mass is 376 g/mol. The van der Waals surface area contributed by atoms with Gasteiger partial charge in [0.1, 0.15) is 12.1 Å². The second-order valence-electron chi connectivity index (χ2n) is 8.09. The summed E-state index contributed by atoms with van der Waals surface area (Å²) >= 11 is 0. The number of rotatable bonds is 6. The molecule has 1 saturated heterocycles. The van der Waals surface area contributed by atoms with Crippen LogP contribution in [0, 0.1) is 23.2 Å². The number of nitrogens with one attached hydrogen (secondary N) is 1. The highest BCUT2D eigenvalue weighted by Crippen LogP contribution is 2.45. The van der Waals surface area contributed by atoms with Crippen molar-refractivity contribution in [2.45, 2.75) is 70.6 Å². The Kier molecular flexibility index (Phi) is 6.59. The molecule has 0 spiro atoms. The zero-order valence-electron chi connectivity index (χ0n) is 16.5. The average molecular weight is 377 g/mol.